The number of amides is 1. The molecule has 0 radical (unpaired) electrons. The number of nitrogens with one attached hydrogen (secondary N) is 1. The summed E-state index contributed by atoms with van der Waals surface area (Å²) >= 11 is 5.99. The van der Waals surface area contributed by atoms with Crippen LogP contribution in [-0.2, 0) is 6.61 Å². The summed E-state index contributed by atoms with van der Waals surface area (Å²) in [5.74, 6) is 0.313. The van der Waals surface area contributed by atoms with E-state index in [-0.39, 0.29) is 12.5 Å². The van der Waals surface area contributed by atoms with Crippen LogP contribution in [0.1, 0.15) is 15.9 Å². The van der Waals surface area contributed by atoms with Gasteiger partial charge in [-0.25, -0.2) is 0 Å². The Kier molecular flexibility index (Phi) is 4.61. The van der Waals surface area contributed by atoms with E-state index in [9.17, 15) is 4.79 Å². The third-order valence-electron chi connectivity index (χ3n) is 2.81. The Morgan fingerprint density at radius 2 is 1.95 bits per heavy atom. The normalized spacial score (nSPS) is 10.2. The van der Waals surface area contributed by atoms with E-state index in [2.05, 4.69) is 5.32 Å². The average Bonchev–Trinajstić information content (AvgIpc) is 2.47. The molecule has 0 spiro atoms. The summed E-state index contributed by atoms with van der Waals surface area (Å²) in [5.41, 5.74) is 1.86. The molecule has 5 heteroatoms. The van der Waals surface area contributed by atoms with Gasteiger partial charge in [0.2, 0.25) is 0 Å². The Hall–Kier alpha value is -2.04. The van der Waals surface area contributed by atoms with Crippen molar-refractivity contribution in [3.8, 4) is 5.75 Å². The van der Waals surface area contributed by atoms with Gasteiger partial charge in [-0.05, 0) is 35.9 Å². The summed E-state index contributed by atoms with van der Waals surface area (Å²) in [4.78, 5) is 12.0. The van der Waals surface area contributed by atoms with Gasteiger partial charge in [0.25, 0.3) is 5.91 Å². The molecule has 1 amide bonds. The maximum atomic E-state index is 12.0. The molecular weight excluding hydrogens is 278 g/mol. The molecule has 0 aromatic heterocycles. The molecule has 0 aliphatic heterocycles. The quantitative estimate of drug-likeness (QED) is 0.910. The fraction of sp³-hybridized carbons (Fsp3) is 0.133. The van der Waals surface area contributed by atoms with Crippen molar-refractivity contribution < 1.29 is 14.6 Å². The third-order valence-corrected chi connectivity index (χ3v) is 3.10. The number of hydrogen-bond acceptors (Lipinski definition) is 3. The summed E-state index contributed by atoms with van der Waals surface area (Å²) < 4.78 is 5.05. The summed E-state index contributed by atoms with van der Waals surface area (Å²) in [7, 11) is 1.53. The van der Waals surface area contributed by atoms with Crippen molar-refractivity contribution in [3.63, 3.8) is 0 Å². The minimum absolute atomic E-state index is 0.0456. The zero-order valence-corrected chi connectivity index (χ0v) is 11.6. The van der Waals surface area contributed by atoms with E-state index in [0.717, 1.165) is 5.56 Å². The first-order chi connectivity index (χ1) is 9.63. The predicted molar refractivity (Wildman–Crippen MR) is 78.3 cm³/mol. The molecule has 0 fully saturated rings. The van der Waals surface area contributed by atoms with Gasteiger partial charge >= 0.3 is 0 Å². The highest BCUT2D eigenvalue weighted by Crippen LogP contribution is 2.27. The van der Waals surface area contributed by atoms with Gasteiger partial charge in [0.15, 0.2) is 0 Å². The monoisotopic (exact) mass is 291 g/mol. The number of ether oxygens (including phenoxy) is 1. The Morgan fingerprint density at radius 1 is 1.25 bits per heavy atom. The number of methoxy groups -OCH3 is 1. The SMILES string of the molecule is COc1ccc(NC(=O)c2ccc(CO)cc2)cc1Cl. The van der Waals surface area contributed by atoms with Crippen molar-refractivity contribution in [1.82, 2.24) is 0 Å². The summed E-state index contributed by atoms with van der Waals surface area (Å²) in [6, 6.07) is 11.8. The first-order valence-corrected chi connectivity index (χ1v) is 6.36. The number of aliphatic hydroxyl groups is 1. The molecule has 0 aliphatic rings. The standard InChI is InChI=1S/C15H14ClNO3/c1-20-14-7-6-12(8-13(14)16)17-15(19)11-4-2-10(9-18)3-5-11/h2-8,18H,9H2,1H3,(H,17,19). The minimum atomic E-state index is -0.240. The summed E-state index contributed by atoms with van der Waals surface area (Å²) in [5, 5.41) is 12.1. The van der Waals surface area contributed by atoms with Crippen molar-refractivity contribution in [3.05, 3.63) is 58.6 Å². The second kappa shape index (κ2) is 6.41. The van der Waals surface area contributed by atoms with Crippen LogP contribution < -0.4 is 10.1 Å². The van der Waals surface area contributed by atoms with Crippen molar-refractivity contribution in [2.75, 3.05) is 12.4 Å². The maximum Gasteiger partial charge on any atom is 0.255 e. The average molecular weight is 292 g/mol. The van der Waals surface area contributed by atoms with E-state index in [4.69, 9.17) is 21.4 Å². The van der Waals surface area contributed by atoms with Crippen LogP contribution in [-0.4, -0.2) is 18.1 Å². The van der Waals surface area contributed by atoms with Crippen molar-refractivity contribution in [2.24, 2.45) is 0 Å². The number of rotatable bonds is 4. The first kappa shape index (κ1) is 14.4. The highest BCUT2D eigenvalue weighted by atomic mass is 35.5. The Morgan fingerprint density at radius 3 is 2.50 bits per heavy atom. The number of benzene rings is 2. The Labute approximate surface area is 122 Å². The van der Waals surface area contributed by atoms with Crippen LogP contribution in [0.3, 0.4) is 0 Å². The summed E-state index contributed by atoms with van der Waals surface area (Å²) in [6.07, 6.45) is 0. The topological polar surface area (TPSA) is 58.6 Å². The maximum absolute atomic E-state index is 12.0. The lowest BCUT2D eigenvalue weighted by Gasteiger charge is -2.08. The number of aliphatic hydroxyl groups excluding tert-OH is 1. The van der Waals surface area contributed by atoms with E-state index in [1.54, 1.807) is 42.5 Å². The molecule has 0 saturated carbocycles. The van der Waals surface area contributed by atoms with Crippen LogP contribution in [0.4, 0.5) is 5.69 Å². The molecule has 2 N–H and O–H groups in total. The van der Waals surface area contributed by atoms with Gasteiger partial charge in [0.05, 0.1) is 18.7 Å². The molecule has 2 aromatic rings. The van der Waals surface area contributed by atoms with Crippen LogP contribution in [0.25, 0.3) is 0 Å². The number of carbonyl (C=O) groups excluding carboxylic acids is 1. The molecule has 0 heterocycles. The zero-order chi connectivity index (χ0) is 14.5. The van der Waals surface area contributed by atoms with Crippen LogP contribution in [0.15, 0.2) is 42.5 Å². The van der Waals surface area contributed by atoms with Gasteiger partial charge in [-0.2, -0.15) is 0 Å². The van der Waals surface area contributed by atoms with Crippen LogP contribution >= 0.6 is 11.6 Å². The Balaban J connectivity index is 2.12. The molecule has 4 nitrogen and oxygen atoms in total. The highest BCUT2D eigenvalue weighted by Gasteiger charge is 2.08. The van der Waals surface area contributed by atoms with Crippen LogP contribution in [0.5, 0.6) is 5.75 Å². The predicted octanol–water partition coefficient (Wildman–Crippen LogP) is 3.09. The molecule has 2 aromatic carbocycles. The lowest BCUT2D eigenvalue weighted by Crippen LogP contribution is -2.11. The molecule has 0 bridgehead atoms. The molecule has 0 saturated heterocycles. The minimum Gasteiger partial charge on any atom is -0.495 e. The lowest BCUT2D eigenvalue weighted by atomic mass is 10.1. The van der Waals surface area contributed by atoms with E-state index >= 15 is 0 Å². The first-order valence-electron chi connectivity index (χ1n) is 5.98. The van der Waals surface area contributed by atoms with Crippen LogP contribution in [0, 0.1) is 0 Å². The number of anilines is 1. The molecule has 2 rings (SSSR count). The van der Waals surface area contributed by atoms with Crippen molar-refractivity contribution in [1.29, 1.82) is 0 Å². The van der Waals surface area contributed by atoms with Gasteiger partial charge in [-0.1, -0.05) is 23.7 Å². The van der Waals surface area contributed by atoms with E-state index in [0.29, 0.717) is 22.0 Å². The van der Waals surface area contributed by atoms with Crippen molar-refractivity contribution in [2.45, 2.75) is 6.61 Å². The van der Waals surface area contributed by atoms with Gasteiger partial charge in [-0.15, -0.1) is 0 Å². The molecular formula is C15H14ClNO3. The Bertz CT molecular complexity index is 611. The molecule has 104 valence electrons. The van der Waals surface area contributed by atoms with Gasteiger partial charge in [-0.3, -0.25) is 4.79 Å². The lowest BCUT2D eigenvalue weighted by molar-refractivity contribution is 0.102. The second-order valence-corrected chi connectivity index (χ2v) is 4.57. The number of halogens is 1. The third kappa shape index (κ3) is 3.29. The molecule has 0 atom stereocenters. The highest BCUT2D eigenvalue weighted by molar-refractivity contribution is 6.32. The molecule has 0 unspecified atom stereocenters. The van der Waals surface area contributed by atoms with E-state index < -0.39 is 0 Å². The van der Waals surface area contributed by atoms with Gasteiger partial charge in [0, 0.05) is 11.3 Å². The molecule has 0 aliphatic carbocycles. The van der Waals surface area contributed by atoms with E-state index in [1.807, 2.05) is 0 Å². The van der Waals surface area contributed by atoms with Gasteiger partial charge in [0.1, 0.15) is 5.75 Å². The second-order valence-electron chi connectivity index (χ2n) is 4.16. The zero-order valence-electron chi connectivity index (χ0n) is 10.9. The molecule has 20 heavy (non-hydrogen) atoms. The van der Waals surface area contributed by atoms with E-state index in [1.165, 1.54) is 7.11 Å². The number of carbonyl (C=O) groups is 1. The smallest absolute Gasteiger partial charge is 0.255 e. The van der Waals surface area contributed by atoms with Crippen molar-refractivity contribution >= 4 is 23.2 Å². The largest absolute Gasteiger partial charge is 0.495 e. The fourth-order valence-electron chi connectivity index (χ4n) is 1.71. The number of hydrogen-bond donors (Lipinski definition) is 2. The fourth-order valence-corrected chi connectivity index (χ4v) is 1.97. The van der Waals surface area contributed by atoms with Crippen LogP contribution in [0.2, 0.25) is 5.02 Å². The summed E-state index contributed by atoms with van der Waals surface area (Å²) in [6.45, 7) is -0.0456. The van der Waals surface area contributed by atoms with Gasteiger partial charge < -0.3 is 15.2 Å².